The summed E-state index contributed by atoms with van der Waals surface area (Å²) < 4.78 is 1.83. The Bertz CT molecular complexity index is 738. The molecule has 116 valence electrons. The Labute approximate surface area is 128 Å². The number of H-pyrrole nitrogens is 1. The molecule has 1 aromatic carbocycles. The Balaban J connectivity index is 1.73. The van der Waals surface area contributed by atoms with Gasteiger partial charge in [0.15, 0.2) is 0 Å². The number of nitrogens with zero attached hydrogens (tertiary/aromatic N) is 2. The monoisotopic (exact) mass is 300 g/mol. The van der Waals surface area contributed by atoms with Crippen LogP contribution in [-0.4, -0.2) is 40.1 Å². The second kappa shape index (κ2) is 6.09. The molecule has 1 aliphatic heterocycles. The first-order valence-corrected chi connectivity index (χ1v) is 7.53. The summed E-state index contributed by atoms with van der Waals surface area (Å²) in [5.74, 6) is 0. The third-order valence-electron chi connectivity index (χ3n) is 4.14. The van der Waals surface area contributed by atoms with E-state index >= 15 is 0 Å². The van der Waals surface area contributed by atoms with Crippen molar-refractivity contribution >= 4 is 17.1 Å². The van der Waals surface area contributed by atoms with Crippen LogP contribution < -0.4 is 11.0 Å². The minimum Gasteiger partial charge on any atom is -0.335 e. The van der Waals surface area contributed by atoms with Crippen LogP contribution in [0.4, 0.5) is 4.79 Å². The average molecular weight is 300 g/mol. The molecule has 0 bridgehead atoms. The molecule has 2 amide bonds. The topological polar surface area (TPSA) is 70.1 Å². The van der Waals surface area contributed by atoms with Gasteiger partial charge in [-0.25, -0.2) is 9.59 Å². The summed E-state index contributed by atoms with van der Waals surface area (Å²) in [4.78, 5) is 28.8. The van der Waals surface area contributed by atoms with Crippen molar-refractivity contribution < 1.29 is 4.79 Å². The minimum absolute atomic E-state index is 0.0652. The molecule has 1 fully saturated rings. The lowest BCUT2D eigenvalue weighted by molar-refractivity contribution is 0.173. The van der Waals surface area contributed by atoms with Gasteiger partial charge in [-0.2, -0.15) is 0 Å². The number of aromatic amines is 1. The molecule has 6 heteroatoms. The second-order valence-corrected chi connectivity index (χ2v) is 5.51. The summed E-state index contributed by atoms with van der Waals surface area (Å²) in [6, 6.07) is 7.78. The van der Waals surface area contributed by atoms with E-state index in [9.17, 15) is 9.59 Å². The zero-order valence-corrected chi connectivity index (χ0v) is 12.4. The predicted molar refractivity (Wildman–Crippen MR) is 86.0 cm³/mol. The average Bonchev–Trinajstić information content (AvgIpc) is 2.88. The summed E-state index contributed by atoms with van der Waals surface area (Å²) >= 11 is 0. The second-order valence-electron chi connectivity index (χ2n) is 5.51. The smallest absolute Gasteiger partial charge is 0.326 e. The van der Waals surface area contributed by atoms with Crippen LogP contribution in [0.5, 0.6) is 0 Å². The number of urea groups is 1. The molecule has 1 aromatic heterocycles. The van der Waals surface area contributed by atoms with Crippen LogP contribution in [0.3, 0.4) is 0 Å². The number of likely N-dealkylation sites (tertiary alicyclic amines) is 1. The molecule has 2 heterocycles. The molecule has 0 radical (unpaired) electrons. The maximum absolute atomic E-state index is 12.2. The highest BCUT2D eigenvalue weighted by atomic mass is 16.2. The van der Waals surface area contributed by atoms with E-state index in [0.717, 1.165) is 23.9 Å². The number of para-hydroxylation sites is 2. The van der Waals surface area contributed by atoms with E-state index in [2.05, 4.69) is 16.9 Å². The van der Waals surface area contributed by atoms with Gasteiger partial charge < -0.3 is 15.2 Å². The first-order chi connectivity index (χ1) is 10.7. The Hall–Kier alpha value is -2.50. The maximum Gasteiger partial charge on any atom is 0.326 e. The molecule has 2 N–H and O–H groups in total. The van der Waals surface area contributed by atoms with Crippen molar-refractivity contribution in [1.82, 2.24) is 19.8 Å². The molecular formula is C16H20N4O2. The van der Waals surface area contributed by atoms with Crippen LogP contribution >= 0.6 is 0 Å². The molecule has 3 rings (SSSR count). The van der Waals surface area contributed by atoms with Crippen LogP contribution in [0.25, 0.3) is 11.0 Å². The van der Waals surface area contributed by atoms with E-state index in [1.165, 1.54) is 0 Å². The molecule has 0 aliphatic carbocycles. The first-order valence-electron chi connectivity index (χ1n) is 7.53. The maximum atomic E-state index is 12.2. The Morgan fingerprint density at radius 3 is 2.82 bits per heavy atom. The number of imidazole rings is 1. The molecule has 0 unspecified atom stereocenters. The Kier molecular flexibility index (Phi) is 4.00. The number of aromatic nitrogens is 2. The van der Waals surface area contributed by atoms with Gasteiger partial charge in [0.1, 0.15) is 0 Å². The van der Waals surface area contributed by atoms with E-state index in [1.807, 2.05) is 28.8 Å². The van der Waals surface area contributed by atoms with Crippen molar-refractivity contribution in [3.8, 4) is 0 Å². The summed E-state index contributed by atoms with van der Waals surface area (Å²) in [5, 5.41) is 2.79. The molecule has 22 heavy (non-hydrogen) atoms. The van der Waals surface area contributed by atoms with Crippen molar-refractivity contribution in [2.45, 2.75) is 18.9 Å². The lowest BCUT2D eigenvalue weighted by Crippen LogP contribution is -2.45. The van der Waals surface area contributed by atoms with Gasteiger partial charge >= 0.3 is 11.7 Å². The number of carbonyl (C=O) groups excluding carboxylic acids is 1. The molecule has 2 aromatic rings. The molecule has 1 saturated heterocycles. The number of hydrogen-bond donors (Lipinski definition) is 2. The molecular weight excluding hydrogens is 280 g/mol. The fourth-order valence-corrected chi connectivity index (χ4v) is 3.04. The zero-order chi connectivity index (χ0) is 15.5. The van der Waals surface area contributed by atoms with Gasteiger partial charge in [-0.1, -0.05) is 18.2 Å². The standard InChI is InChI=1S/C16H20N4O2/c1-2-9-17-15(21)19-10-7-12(8-11-19)20-14-6-4-3-5-13(14)18-16(20)22/h2-6,12H,1,7-11H2,(H,17,21)(H,18,22). The Morgan fingerprint density at radius 2 is 2.09 bits per heavy atom. The van der Waals surface area contributed by atoms with Gasteiger partial charge in [0, 0.05) is 25.7 Å². The van der Waals surface area contributed by atoms with Gasteiger partial charge in [0.2, 0.25) is 0 Å². The van der Waals surface area contributed by atoms with Crippen LogP contribution in [0.1, 0.15) is 18.9 Å². The number of piperidine rings is 1. The zero-order valence-electron chi connectivity index (χ0n) is 12.4. The molecule has 1 aliphatic rings. The van der Waals surface area contributed by atoms with Crippen molar-refractivity contribution in [3.63, 3.8) is 0 Å². The summed E-state index contributed by atoms with van der Waals surface area (Å²) in [7, 11) is 0. The highest BCUT2D eigenvalue weighted by Crippen LogP contribution is 2.24. The van der Waals surface area contributed by atoms with Gasteiger partial charge in [0.25, 0.3) is 0 Å². The van der Waals surface area contributed by atoms with Crippen molar-refractivity contribution in [2.24, 2.45) is 0 Å². The lowest BCUT2D eigenvalue weighted by Gasteiger charge is -2.32. The molecule has 6 nitrogen and oxygen atoms in total. The van der Waals surface area contributed by atoms with Gasteiger partial charge in [-0.15, -0.1) is 6.58 Å². The number of carbonyl (C=O) groups is 1. The number of amides is 2. The minimum atomic E-state index is -0.0734. The fraction of sp³-hybridized carbons (Fsp3) is 0.375. The van der Waals surface area contributed by atoms with E-state index < -0.39 is 0 Å². The predicted octanol–water partition coefficient (Wildman–Crippen LogP) is 1.86. The Morgan fingerprint density at radius 1 is 1.36 bits per heavy atom. The summed E-state index contributed by atoms with van der Waals surface area (Å²) in [6.07, 6.45) is 3.22. The van der Waals surface area contributed by atoms with Crippen LogP contribution in [-0.2, 0) is 0 Å². The quantitative estimate of drug-likeness (QED) is 0.849. The van der Waals surface area contributed by atoms with Crippen LogP contribution in [0, 0.1) is 0 Å². The van der Waals surface area contributed by atoms with E-state index in [-0.39, 0.29) is 17.8 Å². The van der Waals surface area contributed by atoms with E-state index in [1.54, 1.807) is 11.0 Å². The van der Waals surface area contributed by atoms with Crippen molar-refractivity contribution in [2.75, 3.05) is 19.6 Å². The molecule has 0 atom stereocenters. The van der Waals surface area contributed by atoms with Crippen LogP contribution in [0.15, 0.2) is 41.7 Å². The SMILES string of the molecule is C=CCNC(=O)N1CCC(n2c(=O)[nH]c3ccccc32)CC1. The van der Waals surface area contributed by atoms with Gasteiger partial charge in [-0.3, -0.25) is 4.57 Å². The number of nitrogens with one attached hydrogen (secondary N) is 2. The third kappa shape index (κ3) is 2.64. The third-order valence-corrected chi connectivity index (χ3v) is 4.14. The molecule has 0 spiro atoms. The number of rotatable bonds is 3. The summed E-state index contributed by atoms with van der Waals surface area (Å²) in [5.41, 5.74) is 1.72. The normalized spacial score (nSPS) is 15.9. The lowest BCUT2D eigenvalue weighted by atomic mass is 10.0. The van der Waals surface area contributed by atoms with E-state index in [0.29, 0.717) is 19.6 Å². The highest BCUT2D eigenvalue weighted by molar-refractivity contribution is 5.75. The molecule has 0 saturated carbocycles. The van der Waals surface area contributed by atoms with Crippen LogP contribution in [0.2, 0.25) is 0 Å². The number of hydrogen-bond acceptors (Lipinski definition) is 2. The van der Waals surface area contributed by atoms with Crippen molar-refractivity contribution in [3.05, 3.63) is 47.4 Å². The highest BCUT2D eigenvalue weighted by Gasteiger charge is 2.25. The number of benzene rings is 1. The van der Waals surface area contributed by atoms with Gasteiger partial charge in [-0.05, 0) is 25.0 Å². The first kappa shape index (κ1) is 14.4. The van der Waals surface area contributed by atoms with E-state index in [4.69, 9.17) is 0 Å². The van der Waals surface area contributed by atoms with Gasteiger partial charge in [0.05, 0.1) is 11.0 Å². The fourth-order valence-electron chi connectivity index (χ4n) is 3.04. The summed E-state index contributed by atoms with van der Waals surface area (Å²) in [6.45, 7) is 5.37. The number of fused-ring (bicyclic) bond motifs is 1. The largest absolute Gasteiger partial charge is 0.335 e. The van der Waals surface area contributed by atoms with Crippen molar-refractivity contribution in [1.29, 1.82) is 0 Å².